The Kier molecular flexibility index (Phi) is 6.34. The van der Waals surface area contributed by atoms with E-state index in [0.717, 1.165) is 22.8 Å². The lowest BCUT2D eigenvalue weighted by molar-refractivity contribution is 0.0950. The largest absolute Gasteiger partial charge is 0.494 e. The monoisotopic (exact) mass is 482 g/mol. The van der Waals surface area contributed by atoms with E-state index in [1.54, 1.807) is 30.5 Å². The maximum Gasteiger partial charge on any atom is 0.294 e. The first kappa shape index (κ1) is 22.7. The van der Waals surface area contributed by atoms with E-state index in [1.165, 1.54) is 4.68 Å². The van der Waals surface area contributed by atoms with Gasteiger partial charge in [-0.1, -0.05) is 54.6 Å². The van der Waals surface area contributed by atoms with Crippen LogP contribution in [0.15, 0.2) is 76.5 Å². The molecule has 0 saturated heterocycles. The minimum Gasteiger partial charge on any atom is -0.494 e. The molecule has 0 spiro atoms. The average molecular weight is 483 g/mol. The highest BCUT2D eigenvalue weighted by atomic mass is 16.6. The van der Waals surface area contributed by atoms with Crippen molar-refractivity contribution >= 4 is 28.7 Å². The van der Waals surface area contributed by atoms with Crippen molar-refractivity contribution in [2.75, 3.05) is 12.3 Å². The molecule has 0 fully saturated rings. The highest BCUT2D eigenvalue weighted by Crippen LogP contribution is 2.28. The summed E-state index contributed by atoms with van der Waals surface area (Å²) in [5.74, 6) is 0.258. The Bertz CT molecular complexity index is 1530. The van der Waals surface area contributed by atoms with Crippen molar-refractivity contribution in [1.29, 1.82) is 0 Å². The number of ether oxygens (including phenoxy) is 1. The van der Waals surface area contributed by atoms with Crippen molar-refractivity contribution < 1.29 is 14.2 Å². The molecule has 0 atom stereocenters. The summed E-state index contributed by atoms with van der Waals surface area (Å²) in [6, 6.07) is 21.0. The molecule has 180 valence electrons. The second-order valence-corrected chi connectivity index (χ2v) is 7.81. The van der Waals surface area contributed by atoms with Gasteiger partial charge in [-0.2, -0.15) is 9.78 Å². The van der Waals surface area contributed by atoms with Gasteiger partial charge < -0.3 is 10.5 Å². The molecule has 2 heterocycles. The summed E-state index contributed by atoms with van der Waals surface area (Å²) in [4.78, 5) is 13.1. The van der Waals surface area contributed by atoms with Crippen molar-refractivity contribution in [2.24, 2.45) is 5.10 Å². The lowest BCUT2D eigenvalue weighted by atomic mass is 10.1. The fourth-order valence-electron chi connectivity index (χ4n) is 3.69. The van der Waals surface area contributed by atoms with Crippen molar-refractivity contribution in [2.45, 2.75) is 13.3 Å². The number of anilines is 1. The summed E-state index contributed by atoms with van der Waals surface area (Å²) in [6.45, 7) is 2.63. The number of carbonyl (C=O) groups excluding carboxylic acids is 1. The van der Waals surface area contributed by atoms with Gasteiger partial charge in [0.2, 0.25) is 11.6 Å². The van der Waals surface area contributed by atoms with Crippen molar-refractivity contribution in [3.63, 3.8) is 0 Å². The fraction of sp³-hybridized carbons (Fsp3) is 0.120. The lowest BCUT2D eigenvalue weighted by Gasteiger charge is -2.08. The first-order valence-electron chi connectivity index (χ1n) is 11.2. The van der Waals surface area contributed by atoms with Crippen LogP contribution in [-0.2, 0) is 0 Å². The molecule has 36 heavy (non-hydrogen) atoms. The Labute approximate surface area is 205 Å². The molecule has 3 aromatic carbocycles. The number of hydrogen-bond acceptors (Lipinski definition) is 9. The molecule has 11 heteroatoms. The molecule has 5 rings (SSSR count). The molecular formula is C25H22N8O3. The number of hydrogen-bond donors (Lipinski definition) is 2. The number of nitrogens with two attached hydrogens (primary N) is 1. The summed E-state index contributed by atoms with van der Waals surface area (Å²) < 4.78 is 11.7. The topological polar surface area (TPSA) is 146 Å². The highest BCUT2D eigenvalue weighted by molar-refractivity contribution is 6.01. The van der Waals surface area contributed by atoms with Crippen LogP contribution in [-0.4, -0.2) is 44.0 Å². The van der Waals surface area contributed by atoms with Crippen molar-refractivity contribution in [3.05, 3.63) is 78.0 Å². The van der Waals surface area contributed by atoms with Gasteiger partial charge in [0.25, 0.3) is 5.91 Å². The molecule has 3 N–H and O–H groups in total. The molecular weight excluding hydrogens is 460 g/mol. The Morgan fingerprint density at radius 1 is 1.11 bits per heavy atom. The number of carbonyl (C=O) groups is 1. The van der Waals surface area contributed by atoms with Crippen LogP contribution in [0.2, 0.25) is 0 Å². The molecule has 2 aromatic heterocycles. The molecule has 5 aromatic rings. The molecule has 1 amide bonds. The molecule has 0 unspecified atom stereocenters. The number of fused-ring (bicyclic) bond motifs is 1. The van der Waals surface area contributed by atoms with Gasteiger partial charge in [-0.25, -0.2) is 10.1 Å². The minimum atomic E-state index is -0.561. The first-order chi connectivity index (χ1) is 17.7. The summed E-state index contributed by atoms with van der Waals surface area (Å²) in [7, 11) is 0. The third kappa shape index (κ3) is 4.49. The Morgan fingerprint density at radius 2 is 1.92 bits per heavy atom. The zero-order chi connectivity index (χ0) is 24.9. The summed E-state index contributed by atoms with van der Waals surface area (Å²) in [5.41, 5.74) is 10.3. The zero-order valence-corrected chi connectivity index (χ0v) is 19.3. The number of benzene rings is 3. The van der Waals surface area contributed by atoms with Crippen LogP contribution in [0, 0.1) is 0 Å². The Balaban J connectivity index is 1.46. The quantitative estimate of drug-likeness (QED) is 0.252. The van der Waals surface area contributed by atoms with Gasteiger partial charge in [0.15, 0.2) is 5.69 Å². The van der Waals surface area contributed by atoms with E-state index in [0.29, 0.717) is 23.6 Å². The fourth-order valence-corrected chi connectivity index (χ4v) is 3.69. The number of nitrogen functional groups attached to an aromatic ring is 1. The van der Waals surface area contributed by atoms with Gasteiger partial charge in [-0.05, 0) is 51.8 Å². The molecule has 0 aliphatic rings. The lowest BCUT2D eigenvalue weighted by Crippen LogP contribution is -2.19. The van der Waals surface area contributed by atoms with Gasteiger partial charge in [0, 0.05) is 11.1 Å². The number of nitrogens with zero attached hydrogens (tertiary/aromatic N) is 6. The van der Waals surface area contributed by atoms with Crippen molar-refractivity contribution in [3.8, 4) is 22.8 Å². The normalized spacial score (nSPS) is 11.2. The predicted octanol–water partition coefficient (Wildman–Crippen LogP) is 3.61. The van der Waals surface area contributed by atoms with Gasteiger partial charge in [-0.3, -0.25) is 4.79 Å². The Hall–Kier alpha value is -5.06. The van der Waals surface area contributed by atoms with E-state index in [2.05, 4.69) is 31.2 Å². The van der Waals surface area contributed by atoms with E-state index in [4.69, 9.17) is 15.1 Å². The molecule has 11 nitrogen and oxygen atoms in total. The van der Waals surface area contributed by atoms with Crippen LogP contribution < -0.4 is 15.9 Å². The highest BCUT2D eigenvalue weighted by Gasteiger charge is 2.25. The average Bonchev–Trinajstić information content (AvgIpc) is 3.54. The molecule has 0 radical (unpaired) electrons. The number of amides is 1. The maximum atomic E-state index is 13.1. The second-order valence-electron chi connectivity index (χ2n) is 7.81. The maximum absolute atomic E-state index is 13.1. The van der Waals surface area contributed by atoms with Crippen LogP contribution >= 0.6 is 0 Å². The summed E-state index contributed by atoms with van der Waals surface area (Å²) in [6.07, 6.45) is 2.48. The number of rotatable bonds is 8. The molecule has 0 aliphatic heterocycles. The predicted molar refractivity (Wildman–Crippen MR) is 134 cm³/mol. The number of aromatic nitrogens is 5. The summed E-state index contributed by atoms with van der Waals surface area (Å²) in [5, 5.41) is 21.8. The van der Waals surface area contributed by atoms with Crippen LogP contribution in [0.1, 0.15) is 29.4 Å². The van der Waals surface area contributed by atoms with E-state index in [9.17, 15) is 4.79 Å². The van der Waals surface area contributed by atoms with Gasteiger partial charge in [0.05, 0.1) is 12.8 Å². The van der Waals surface area contributed by atoms with E-state index < -0.39 is 5.91 Å². The standard InChI is InChI=1S/C25H22N8O3/c1-2-14-35-19-12-10-17(11-13-19)22-21(28-32-33(22)24-23(26)30-36-31-24)25(34)29-27-15-18-8-5-7-16-6-3-4-9-20(16)18/h3-13,15H,2,14H2,1H3,(H2,26,30)(H,29,34)/b27-15-. The van der Waals surface area contributed by atoms with Crippen LogP contribution in [0.25, 0.3) is 27.8 Å². The molecule has 0 saturated carbocycles. The van der Waals surface area contributed by atoms with Gasteiger partial charge in [0.1, 0.15) is 11.4 Å². The SMILES string of the molecule is CCCOc1ccc(-c2c(C(=O)N/N=C\c3cccc4ccccc34)nnn2-c2nonc2N)cc1. The number of nitrogens with one attached hydrogen (secondary N) is 1. The summed E-state index contributed by atoms with van der Waals surface area (Å²) >= 11 is 0. The van der Waals surface area contributed by atoms with Gasteiger partial charge >= 0.3 is 0 Å². The molecule has 0 bridgehead atoms. The smallest absolute Gasteiger partial charge is 0.294 e. The van der Waals surface area contributed by atoms with Crippen molar-refractivity contribution in [1.82, 2.24) is 30.7 Å². The first-order valence-corrected chi connectivity index (χ1v) is 11.2. The van der Waals surface area contributed by atoms with Gasteiger partial charge in [-0.15, -0.1) is 5.10 Å². The third-order valence-corrected chi connectivity index (χ3v) is 5.38. The van der Waals surface area contributed by atoms with Crippen LogP contribution in [0.4, 0.5) is 5.82 Å². The van der Waals surface area contributed by atoms with Crippen LogP contribution in [0.3, 0.4) is 0 Å². The zero-order valence-electron chi connectivity index (χ0n) is 19.3. The second kappa shape index (κ2) is 10.1. The number of hydrazone groups is 1. The van der Waals surface area contributed by atoms with E-state index in [-0.39, 0.29) is 17.3 Å². The third-order valence-electron chi connectivity index (χ3n) is 5.38. The van der Waals surface area contributed by atoms with E-state index >= 15 is 0 Å². The Morgan fingerprint density at radius 3 is 2.69 bits per heavy atom. The molecule has 0 aliphatic carbocycles. The minimum absolute atomic E-state index is 0.00461. The van der Waals surface area contributed by atoms with Crippen LogP contribution in [0.5, 0.6) is 5.75 Å². The van der Waals surface area contributed by atoms with E-state index in [1.807, 2.05) is 49.4 Å².